The van der Waals surface area contributed by atoms with Crippen LogP contribution in [0.15, 0.2) is 72.1 Å². The number of aliphatic imine (C=N–C) groups is 1. The number of carbonyl (C=O) groups is 2. The highest BCUT2D eigenvalue weighted by molar-refractivity contribution is 6.30. The molecule has 2 aliphatic heterocycles. The fraction of sp³-hybridized carbons (Fsp3) is 0.417. The highest BCUT2D eigenvalue weighted by Crippen LogP contribution is 2.54. The number of amidine groups is 1. The van der Waals surface area contributed by atoms with Crippen LogP contribution in [0.25, 0.3) is 0 Å². The first kappa shape index (κ1) is 35.3. The van der Waals surface area contributed by atoms with Gasteiger partial charge >= 0.3 is 6.03 Å². The monoisotopic (exact) mass is 717 g/mol. The number of carbonyl (C=O) groups excluding carboxylic acids is 2. The highest BCUT2D eigenvalue weighted by Gasteiger charge is 2.60. The van der Waals surface area contributed by atoms with E-state index >= 15 is 4.79 Å². The summed E-state index contributed by atoms with van der Waals surface area (Å²) in [5.74, 6) is 0.889. The highest BCUT2D eigenvalue weighted by atomic mass is 35.5. The van der Waals surface area contributed by atoms with Crippen LogP contribution >= 0.6 is 23.2 Å². The molecule has 0 saturated carbocycles. The van der Waals surface area contributed by atoms with Crippen molar-refractivity contribution in [1.29, 1.82) is 0 Å². The van der Waals surface area contributed by atoms with E-state index in [1.807, 2.05) is 75.4 Å². The number of hydrogen-bond acceptors (Lipinski definition) is 8. The van der Waals surface area contributed by atoms with E-state index in [9.17, 15) is 4.79 Å². The molecule has 1 fully saturated rings. The van der Waals surface area contributed by atoms with E-state index < -0.39 is 11.1 Å². The average Bonchev–Trinajstić information content (AvgIpc) is 3.69. The first-order valence-electron chi connectivity index (χ1n) is 16.6. The molecule has 4 aromatic rings. The molecule has 2 aromatic heterocycles. The van der Waals surface area contributed by atoms with Crippen LogP contribution in [0.2, 0.25) is 10.0 Å². The standard InChI is InChI=1S/C36H41Cl2N9O3/c1-7-50-29-20-30(34(2,3)4)39-21-28(29)32-41-35(5,24-8-12-26(37)13-9-24)36(6,25-10-14-27(38)15-11-25)47(32)33(49)45-18-16-44(17-19-45)31(48)22-46-23-40-42-43-46/h8-15,20-21,23H,7,16-19,22H2,1-6H3/t35-,36-/m1/s1. The Balaban J connectivity index is 1.47. The van der Waals surface area contributed by atoms with Crippen molar-refractivity contribution < 1.29 is 14.3 Å². The number of rotatable bonds is 7. The van der Waals surface area contributed by atoms with Crippen LogP contribution in [0.3, 0.4) is 0 Å². The lowest BCUT2D eigenvalue weighted by molar-refractivity contribution is -0.133. The maximum atomic E-state index is 15.2. The summed E-state index contributed by atoms with van der Waals surface area (Å²) in [6, 6.07) is 16.8. The number of aromatic nitrogens is 5. The van der Waals surface area contributed by atoms with Crippen molar-refractivity contribution in [1.82, 2.24) is 39.9 Å². The van der Waals surface area contributed by atoms with Crippen LogP contribution in [0, 0.1) is 0 Å². The summed E-state index contributed by atoms with van der Waals surface area (Å²) in [7, 11) is 0. The zero-order chi connectivity index (χ0) is 35.8. The van der Waals surface area contributed by atoms with Crippen LogP contribution in [-0.2, 0) is 27.8 Å². The quantitative estimate of drug-likeness (QED) is 0.232. The van der Waals surface area contributed by atoms with Gasteiger partial charge in [-0.15, -0.1) is 5.10 Å². The second-order valence-corrected chi connectivity index (χ2v) is 14.7. The number of hydrogen-bond donors (Lipinski definition) is 0. The molecular weight excluding hydrogens is 677 g/mol. The second kappa shape index (κ2) is 13.6. The summed E-state index contributed by atoms with van der Waals surface area (Å²) in [5, 5.41) is 12.2. The molecule has 2 aromatic carbocycles. The van der Waals surface area contributed by atoms with E-state index in [0.29, 0.717) is 60.0 Å². The van der Waals surface area contributed by atoms with E-state index in [0.717, 1.165) is 16.8 Å². The van der Waals surface area contributed by atoms with E-state index in [2.05, 4.69) is 36.3 Å². The molecule has 6 rings (SSSR count). The molecule has 12 nitrogen and oxygen atoms in total. The van der Waals surface area contributed by atoms with Gasteiger partial charge in [0.05, 0.1) is 12.2 Å². The second-order valence-electron chi connectivity index (χ2n) is 13.8. The first-order valence-corrected chi connectivity index (χ1v) is 17.3. The third-order valence-electron chi connectivity index (χ3n) is 9.71. The Hall–Kier alpha value is -4.55. The van der Waals surface area contributed by atoms with Gasteiger partial charge < -0.3 is 14.5 Å². The lowest BCUT2D eigenvalue weighted by Crippen LogP contribution is -2.61. The number of benzene rings is 2. The number of amides is 3. The fourth-order valence-corrected chi connectivity index (χ4v) is 6.89. The molecule has 1 saturated heterocycles. The fourth-order valence-electron chi connectivity index (χ4n) is 6.64. The van der Waals surface area contributed by atoms with Gasteiger partial charge in [0.15, 0.2) is 0 Å². The lowest BCUT2D eigenvalue weighted by atomic mass is 9.71. The van der Waals surface area contributed by atoms with E-state index in [-0.39, 0.29) is 23.9 Å². The SMILES string of the molecule is CCOc1cc(C(C)(C)C)ncc1C1=N[C@](C)(c2ccc(Cl)cc2)[C@@](C)(c2ccc(Cl)cc2)N1C(=O)N1CCN(C(=O)Cn2cnnn2)CC1. The summed E-state index contributed by atoms with van der Waals surface area (Å²) in [4.78, 5) is 43.8. The van der Waals surface area contributed by atoms with Gasteiger partial charge in [0.2, 0.25) is 5.91 Å². The van der Waals surface area contributed by atoms with Gasteiger partial charge in [0, 0.05) is 59.6 Å². The molecule has 2 aliphatic rings. The molecule has 0 aliphatic carbocycles. The molecule has 0 unspecified atom stereocenters. The number of halogens is 2. The van der Waals surface area contributed by atoms with Crippen LogP contribution in [-0.4, -0.2) is 90.5 Å². The summed E-state index contributed by atoms with van der Waals surface area (Å²) in [6.07, 6.45) is 3.16. The Morgan fingerprint density at radius 2 is 1.50 bits per heavy atom. The van der Waals surface area contributed by atoms with Gasteiger partial charge in [-0.2, -0.15) is 0 Å². The van der Waals surface area contributed by atoms with E-state index in [4.69, 9.17) is 37.9 Å². The van der Waals surface area contributed by atoms with Gasteiger partial charge in [-0.3, -0.25) is 19.7 Å². The molecule has 14 heteroatoms. The molecule has 50 heavy (non-hydrogen) atoms. The molecule has 2 atom stereocenters. The van der Waals surface area contributed by atoms with Crippen molar-refractivity contribution in [2.75, 3.05) is 32.8 Å². The summed E-state index contributed by atoms with van der Waals surface area (Å²) in [6.45, 7) is 14.0. The summed E-state index contributed by atoms with van der Waals surface area (Å²) < 4.78 is 7.64. The van der Waals surface area contributed by atoms with Crippen LogP contribution < -0.4 is 4.74 Å². The first-order chi connectivity index (χ1) is 23.8. The molecule has 262 valence electrons. The van der Waals surface area contributed by atoms with Crippen molar-refractivity contribution in [2.24, 2.45) is 4.99 Å². The number of nitrogens with zero attached hydrogens (tertiary/aromatic N) is 9. The third-order valence-corrected chi connectivity index (χ3v) is 10.2. The van der Waals surface area contributed by atoms with Crippen LogP contribution in [0.4, 0.5) is 4.79 Å². The van der Waals surface area contributed by atoms with Crippen LogP contribution in [0.5, 0.6) is 5.75 Å². The number of ether oxygens (including phenoxy) is 1. The van der Waals surface area contributed by atoms with Gasteiger partial charge in [0.1, 0.15) is 35.5 Å². The minimum absolute atomic E-state index is 0.0235. The normalized spacial score (nSPS) is 21.0. The largest absolute Gasteiger partial charge is 0.493 e. The zero-order valence-corrected chi connectivity index (χ0v) is 30.6. The number of piperazine rings is 1. The van der Waals surface area contributed by atoms with E-state index in [1.54, 1.807) is 20.9 Å². The van der Waals surface area contributed by atoms with Crippen LogP contribution in [0.1, 0.15) is 63.9 Å². The number of pyridine rings is 1. The average molecular weight is 719 g/mol. The third kappa shape index (κ3) is 6.42. The predicted molar refractivity (Wildman–Crippen MR) is 191 cm³/mol. The van der Waals surface area contributed by atoms with Crippen molar-refractivity contribution in [3.8, 4) is 5.75 Å². The molecule has 4 heterocycles. The summed E-state index contributed by atoms with van der Waals surface area (Å²) >= 11 is 12.8. The van der Waals surface area contributed by atoms with E-state index in [1.165, 1.54) is 11.0 Å². The zero-order valence-electron chi connectivity index (χ0n) is 29.1. The molecule has 0 spiro atoms. The molecule has 0 bridgehead atoms. The Morgan fingerprint density at radius 1 is 0.900 bits per heavy atom. The topological polar surface area (TPSA) is 122 Å². The maximum Gasteiger partial charge on any atom is 0.326 e. The Kier molecular flexibility index (Phi) is 9.62. The smallest absolute Gasteiger partial charge is 0.326 e. The molecule has 0 radical (unpaired) electrons. The number of urea groups is 1. The maximum absolute atomic E-state index is 15.2. The molecular formula is C36H41Cl2N9O3. The van der Waals surface area contributed by atoms with Crippen molar-refractivity contribution in [3.63, 3.8) is 0 Å². The Labute approximate surface area is 302 Å². The van der Waals surface area contributed by atoms with Crippen molar-refractivity contribution in [3.05, 3.63) is 99.6 Å². The van der Waals surface area contributed by atoms with Gasteiger partial charge in [-0.05, 0) is 66.6 Å². The van der Waals surface area contributed by atoms with Crippen molar-refractivity contribution >= 4 is 41.0 Å². The van der Waals surface area contributed by atoms with Crippen molar-refractivity contribution in [2.45, 2.75) is 64.6 Å². The summed E-state index contributed by atoms with van der Waals surface area (Å²) in [5.41, 5.74) is 0.824. The van der Waals surface area contributed by atoms with Gasteiger partial charge in [-0.1, -0.05) is 68.2 Å². The number of tetrazole rings is 1. The minimum Gasteiger partial charge on any atom is -0.493 e. The molecule has 0 N–H and O–H groups in total. The Bertz CT molecular complexity index is 1890. The minimum atomic E-state index is -1.07. The molecule has 3 amide bonds. The predicted octanol–water partition coefficient (Wildman–Crippen LogP) is 5.93. The van der Waals surface area contributed by atoms with Gasteiger partial charge in [-0.25, -0.2) is 9.48 Å². The Morgan fingerprint density at radius 3 is 2.06 bits per heavy atom. The van der Waals surface area contributed by atoms with Gasteiger partial charge in [0.25, 0.3) is 0 Å². The lowest BCUT2D eigenvalue weighted by Gasteiger charge is -2.47.